The lowest BCUT2D eigenvalue weighted by atomic mass is 9.76. The van der Waals surface area contributed by atoms with Crippen molar-refractivity contribution in [1.82, 2.24) is 9.80 Å². The van der Waals surface area contributed by atoms with Crippen LogP contribution in [0.2, 0.25) is 0 Å². The second-order valence-electron chi connectivity index (χ2n) is 5.54. The molecule has 0 aromatic heterocycles. The molecule has 116 valence electrons. The molecule has 1 saturated heterocycles. The van der Waals surface area contributed by atoms with Gasteiger partial charge in [0, 0.05) is 20.1 Å². The Kier molecular flexibility index (Phi) is 4.55. The molecule has 1 aliphatic rings. The van der Waals surface area contributed by atoms with E-state index in [1.165, 1.54) is 4.90 Å². The summed E-state index contributed by atoms with van der Waals surface area (Å²) in [6.07, 6.45) is -4.21. The van der Waals surface area contributed by atoms with Gasteiger partial charge in [0.1, 0.15) is 6.54 Å². The number of carboxylic acid groups (broad SMARTS) is 1. The fourth-order valence-electron chi connectivity index (χ4n) is 2.47. The summed E-state index contributed by atoms with van der Waals surface area (Å²) in [6.45, 7) is 2.24. The fraction of sp³-hybridized carbons (Fsp3) is 0.833. The lowest BCUT2D eigenvalue weighted by Gasteiger charge is -2.30. The van der Waals surface area contributed by atoms with E-state index in [0.717, 1.165) is 7.05 Å². The van der Waals surface area contributed by atoms with Crippen molar-refractivity contribution < 1.29 is 27.9 Å². The van der Waals surface area contributed by atoms with Crippen LogP contribution in [0.1, 0.15) is 20.3 Å². The molecule has 8 heteroatoms. The molecule has 1 N–H and O–H groups in total. The standard InChI is InChI=1S/C12H19F3N2O3/c1-8(2)11(9(18)19)4-5-17(6-11)10(20)16(3)7-12(13,14)15/h8H,4-7H2,1-3H3,(H,18,19). The van der Waals surface area contributed by atoms with E-state index in [1.54, 1.807) is 13.8 Å². The highest BCUT2D eigenvalue weighted by atomic mass is 19.4. The van der Waals surface area contributed by atoms with Crippen LogP contribution in [0, 0.1) is 11.3 Å². The van der Waals surface area contributed by atoms with Crippen molar-refractivity contribution in [1.29, 1.82) is 0 Å². The van der Waals surface area contributed by atoms with Gasteiger partial charge in [-0.05, 0) is 12.3 Å². The molecule has 1 aliphatic heterocycles. The summed E-state index contributed by atoms with van der Waals surface area (Å²) in [5, 5.41) is 9.33. The molecule has 1 fully saturated rings. The number of amides is 2. The van der Waals surface area contributed by atoms with E-state index in [2.05, 4.69) is 0 Å². The molecular weight excluding hydrogens is 277 g/mol. The van der Waals surface area contributed by atoms with Crippen LogP contribution in [0.3, 0.4) is 0 Å². The van der Waals surface area contributed by atoms with E-state index in [1.807, 2.05) is 0 Å². The number of alkyl halides is 3. The number of carbonyl (C=O) groups is 2. The lowest BCUT2D eigenvalue weighted by Crippen LogP contribution is -2.46. The first-order valence-electron chi connectivity index (χ1n) is 6.30. The zero-order chi connectivity index (χ0) is 15.7. The Labute approximate surface area is 115 Å². The highest BCUT2D eigenvalue weighted by Gasteiger charge is 2.49. The van der Waals surface area contributed by atoms with Crippen LogP contribution in [-0.2, 0) is 4.79 Å². The molecule has 5 nitrogen and oxygen atoms in total. The maximum absolute atomic E-state index is 12.3. The molecule has 1 unspecified atom stereocenters. The van der Waals surface area contributed by atoms with Gasteiger partial charge >= 0.3 is 18.2 Å². The average molecular weight is 296 g/mol. The van der Waals surface area contributed by atoms with Gasteiger partial charge in [-0.15, -0.1) is 0 Å². The van der Waals surface area contributed by atoms with Crippen LogP contribution in [0.25, 0.3) is 0 Å². The molecule has 1 atom stereocenters. The van der Waals surface area contributed by atoms with Crippen LogP contribution in [0.15, 0.2) is 0 Å². The van der Waals surface area contributed by atoms with Crippen molar-refractivity contribution >= 4 is 12.0 Å². The fourth-order valence-corrected chi connectivity index (χ4v) is 2.47. The molecule has 0 aliphatic carbocycles. The predicted octanol–water partition coefficient (Wildman–Crippen LogP) is 2.03. The van der Waals surface area contributed by atoms with E-state index < -0.39 is 30.1 Å². The molecule has 1 heterocycles. The first-order valence-corrected chi connectivity index (χ1v) is 6.30. The number of carboxylic acids is 1. The van der Waals surface area contributed by atoms with Gasteiger partial charge in [0.25, 0.3) is 0 Å². The molecule has 0 radical (unpaired) electrons. The quantitative estimate of drug-likeness (QED) is 0.867. The Morgan fingerprint density at radius 3 is 2.30 bits per heavy atom. The first-order chi connectivity index (χ1) is 8.99. The van der Waals surface area contributed by atoms with Gasteiger partial charge in [-0.2, -0.15) is 13.2 Å². The number of urea groups is 1. The molecule has 0 bridgehead atoms. The van der Waals surface area contributed by atoms with Crippen LogP contribution >= 0.6 is 0 Å². The summed E-state index contributed by atoms with van der Waals surface area (Å²) in [4.78, 5) is 25.1. The summed E-state index contributed by atoms with van der Waals surface area (Å²) in [5.74, 6) is -1.22. The van der Waals surface area contributed by atoms with Crippen molar-refractivity contribution in [2.45, 2.75) is 26.4 Å². The van der Waals surface area contributed by atoms with Crippen molar-refractivity contribution in [3.05, 3.63) is 0 Å². The largest absolute Gasteiger partial charge is 0.481 e. The minimum absolute atomic E-state index is 0.0545. The number of likely N-dealkylation sites (tertiary alicyclic amines) is 1. The van der Waals surface area contributed by atoms with Crippen LogP contribution in [0.5, 0.6) is 0 Å². The van der Waals surface area contributed by atoms with Crippen LogP contribution in [0.4, 0.5) is 18.0 Å². The number of carbonyl (C=O) groups excluding carboxylic acids is 1. The maximum Gasteiger partial charge on any atom is 0.406 e. The summed E-state index contributed by atoms with van der Waals surface area (Å²) >= 11 is 0. The summed E-state index contributed by atoms with van der Waals surface area (Å²) in [7, 11) is 1.06. The third-order valence-corrected chi connectivity index (χ3v) is 3.85. The summed E-state index contributed by atoms with van der Waals surface area (Å²) < 4.78 is 36.8. The predicted molar refractivity (Wildman–Crippen MR) is 65.2 cm³/mol. The number of hydrogen-bond acceptors (Lipinski definition) is 2. The van der Waals surface area contributed by atoms with Crippen molar-refractivity contribution in [2.24, 2.45) is 11.3 Å². The summed E-state index contributed by atoms with van der Waals surface area (Å²) in [6, 6.07) is -0.786. The Hall–Kier alpha value is -1.47. The van der Waals surface area contributed by atoms with Crippen LogP contribution < -0.4 is 0 Å². The normalized spacial score (nSPS) is 23.2. The monoisotopic (exact) mass is 296 g/mol. The number of nitrogens with zero attached hydrogens (tertiary/aromatic N) is 2. The van der Waals surface area contributed by atoms with E-state index >= 15 is 0 Å². The van der Waals surface area contributed by atoms with Gasteiger partial charge in [0.05, 0.1) is 5.41 Å². The third kappa shape index (κ3) is 3.34. The minimum Gasteiger partial charge on any atom is -0.481 e. The zero-order valence-corrected chi connectivity index (χ0v) is 11.7. The van der Waals surface area contributed by atoms with Gasteiger partial charge in [0.2, 0.25) is 0 Å². The maximum atomic E-state index is 12.3. The second kappa shape index (κ2) is 5.49. The van der Waals surface area contributed by atoms with Crippen LogP contribution in [-0.4, -0.2) is 59.8 Å². The van der Waals surface area contributed by atoms with Gasteiger partial charge in [-0.3, -0.25) is 4.79 Å². The van der Waals surface area contributed by atoms with Gasteiger partial charge < -0.3 is 14.9 Å². The molecular formula is C12H19F3N2O3. The van der Waals surface area contributed by atoms with E-state index in [0.29, 0.717) is 4.90 Å². The lowest BCUT2D eigenvalue weighted by molar-refractivity contribution is -0.151. The zero-order valence-electron chi connectivity index (χ0n) is 11.7. The molecule has 0 aromatic rings. The Morgan fingerprint density at radius 2 is 1.95 bits per heavy atom. The van der Waals surface area contributed by atoms with Gasteiger partial charge in [-0.1, -0.05) is 13.8 Å². The average Bonchev–Trinajstić information content (AvgIpc) is 2.71. The molecule has 1 rings (SSSR count). The topological polar surface area (TPSA) is 60.9 Å². The van der Waals surface area contributed by atoms with E-state index in [4.69, 9.17) is 0 Å². The third-order valence-electron chi connectivity index (χ3n) is 3.85. The molecule has 2 amide bonds. The smallest absolute Gasteiger partial charge is 0.406 e. The molecule has 0 spiro atoms. The Balaban J connectivity index is 2.77. The SMILES string of the molecule is CC(C)C1(C(=O)O)CCN(C(=O)N(C)CC(F)(F)F)C1. The van der Waals surface area contributed by atoms with Crippen molar-refractivity contribution in [3.8, 4) is 0 Å². The number of hydrogen-bond donors (Lipinski definition) is 1. The van der Waals surface area contributed by atoms with Crippen molar-refractivity contribution in [2.75, 3.05) is 26.7 Å². The van der Waals surface area contributed by atoms with Gasteiger partial charge in [0.15, 0.2) is 0 Å². The first kappa shape index (κ1) is 16.6. The van der Waals surface area contributed by atoms with E-state index in [-0.39, 0.29) is 25.4 Å². The second-order valence-corrected chi connectivity index (χ2v) is 5.54. The molecule has 20 heavy (non-hydrogen) atoms. The number of aliphatic carboxylic acids is 1. The number of halogens is 3. The van der Waals surface area contributed by atoms with E-state index in [9.17, 15) is 27.9 Å². The number of rotatable bonds is 3. The van der Waals surface area contributed by atoms with Gasteiger partial charge in [-0.25, -0.2) is 4.79 Å². The Bertz CT molecular complexity index is 398. The highest BCUT2D eigenvalue weighted by Crippen LogP contribution is 2.38. The highest BCUT2D eigenvalue weighted by molar-refractivity contribution is 5.80. The summed E-state index contributed by atoms with van der Waals surface area (Å²) in [5.41, 5.74) is -1.07. The Morgan fingerprint density at radius 1 is 1.40 bits per heavy atom. The van der Waals surface area contributed by atoms with Crippen molar-refractivity contribution in [3.63, 3.8) is 0 Å². The molecule has 0 aromatic carbocycles. The minimum atomic E-state index is -4.47. The molecule has 0 saturated carbocycles.